The molecule has 5 saturated carbocycles. The fourth-order valence-corrected chi connectivity index (χ4v) is 13.7. The Kier molecular flexibility index (Phi) is 7.97. The molecular weight excluding hydrogens is 604 g/mol. The summed E-state index contributed by atoms with van der Waals surface area (Å²) in [6, 6.07) is 0. The van der Waals surface area contributed by atoms with Crippen LogP contribution < -0.4 is 0 Å². The summed E-state index contributed by atoms with van der Waals surface area (Å²) in [5, 5.41) is 54.3. The van der Waals surface area contributed by atoms with Crippen molar-refractivity contribution >= 4 is 5.97 Å². The van der Waals surface area contributed by atoms with Crippen molar-refractivity contribution in [2.45, 2.75) is 167 Å². The quantitative estimate of drug-likeness (QED) is 0.218. The van der Waals surface area contributed by atoms with Crippen LogP contribution in [0.4, 0.5) is 0 Å². The summed E-state index contributed by atoms with van der Waals surface area (Å²) in [6.07, 6.45) is 0.712. The summed E-state index contributed by atoms with van der Waals surface area (Å²) in [6.45, 7) is 16.2. The highest BCUT2D eigenvalue weighted by Gasteiger charge is 2.84. The van der Waals surface area contributed by atoms with E-state index >= 15 is 0 Å². The van der Waals surface area contributed by atoms with Gasteiger partial charge in [-0.2, -0.15) is 0 Å². The average Bonchev–Trinajstić information content (AvgIpc) is 3.61. The van der Waals surface area contributed by atoms with Crippen LogP contribution in [0.5, 0.6) is 0 Å². The Bertz CT molecular complexity index is 1250. The largest absolute Gasteiger partial charge is 0.457 e. The van der Waals surface area contributed by atoms with Crippen LogP contribution in [0.25, 0.3) is 0 Å². The van der Waals surface area contributed by atoms with Crippen molar-refractivity contribution < 1.29 is 49.3 Å². The van der Waals surface area contributed by atoms with Crippen molar-refractivity contribution in [1.82, 2.24) is 0 Å². The van der Waals surface area contributed by atoms with Crippen LogP contribution in [0, 0.1) is 50.7 Å². The molecule has 0 aromatic heterocycles. The Morgan fingerprint density at radius 1 is 0.936 bits per heavy atom. The molecule has 0 aromatic carbocycles. The van der Waals surface area contributed by atoms with Crippen LogP contribution in [0.15, 0.2) is 0 Å². The fourth-order valence-electron chi connectivity index (χ4n) is 13.7. The number of fused-ring (bicyclic) bond motifs is 4. The zero-order valence-electron chi connectivity index (χ0n) is 29.6. The van der Waals surface area contributed by atoms with Crippen LogP contribution in [-0.2, 0) is 23.7 Å². The van der Waals surface area contributed by atoms with Crippen LogP contribution >= 0.6 is 0 Å². The number of rotatable bonds is 5. The average molecular weight is 665 g/mol. The Hall–Kier alpha value is -0.850. The van der Waals surface area contributed by atoms with Gasteiger partial charge in [-0.3, -0.25) is 4.79 Å². The lowest BCUT2D eigenvalue weighted by molar-refractivity contribution is -0.303. The highest BCUT2D eigenvalue weighted by Crippen LogP contribution is 2.89. The molecule has 7 rings (SSSR count). The second-order valence-electron chi connectivity index (χ2n) is 18.6. The summed E-state index contributed by atoms with van der Waals surface area (Å²) in [7, 11) is 0. The first-order valence-corrected chi connectivity index (χ1v) is 18.3. The molecule has 2 heterocycles. The maximum Gasteiger partial charge on any atom is 0.303 e. The van der Waals surface area contributed by atoms with Gasteiger partial charge < -0.3 is 44.5 Å². The van der Waals surface area contributed by atoms with Gasteiger partial charge in [-0.25, -0.2) is 0 Å². The minimum Gasteiger partial charge on any atom is -0.457 e. The predicted molar refractivity (Wildman–Crippen MR) is 171 cm³/mol. The minimum atomic E-state index is -1.30. The van der Waals surface area contributed by atoms with Gasteiger partial charge in [0.15, 0.2) is 12.4 Å². The van der Waals surface area contributed by atoms with Crippen molar-refractivity contribution in [3.8, 4) is 0 Å². The number of carbonyl (C=O) groups excluding carboxylic acids is 1. The molecule has 268 valence electrons. The summed E-state index contributed by atoms with van der Waals surface area (Å²) < 4.78 is 24.6. The van der Waals surface area contributed by atoms with E-state index in [4.69, 9.17) is 18.9 Å². The smallest absolute Gasteiger partial charge is 0.303 e. The molecule has 5 N–H and O–H groups in total. The molecule has 17 atom stereocenters. The summed E-state index contributed by atoms with van der Waals surface area (Å²) in [5.74, 6) is 0.717. The van der Waals surface area contributed by atoms with Crippen molar-refractivity contribution in [3.63, 3.8) is 0 Å². The zero-order valence-corrected chi connectivity index (χ0v) is 29.6. The van der Waals surface area contributed by atoms with Gasteiger partial charge in [-0.1, -0.05) is 34.6 Å². The van der Waals surface area contributed by atoms with Crippen molar-refractivity contribution in [3.05, 3.63) is 0 Å². The molecule has 2 aliphatic heterocycles. The van der Waals surface area contributed by atoms with Gasteiger partial charge in [0.2, 0.25) is 0 Å². The van der Waals surface area contributed by atoms with Gasteiger partial charge >= 0.3 is 5.97 Å². The molecule has 5 aliphatic carbocycles. The van der Waals surface area contributed by atoms with E-state index in [9.17, 15) is 30.3 Å². The van der Waals surface area contributed by atoms with Crippen LogP contribution in [-0.4, -0.2) is 98.8 Å². The maximum absolute atomic E-state index is 12.5. The SMILES string of the molecule is CC(=O)OC(C1C[C@@H](C)[C@H]2[C@@H](O1)[C@H](O)[C@@]1(C)C3CCC4C(C)(C)C(OC5OC[C@@H](O)C(O)[C@H]5O)CCC45CC35CCC21C)C(C)(C)O. The molecule has 2 saturated heterocycles. The van der Waals surface area contributed by atoms with Crippen LogP contribution in [0.3, 0.4) is 0 Å². The van der Waals surface area contributed by atoms with Crippen LogP contribution in [0.1, 0.15) is 107 Å². The third kappa shape index (κ3) is 4.54. The number of hydrogen-bond donors (Lipinski definition) is 5. The van der Waals surface area contributed by atoms with Gasteiger partial charge in [-0.15, -0.1) is 0 Å². The first-order valence-electron chi connectivity index (χ1n) is 18.3. The number of ether oxygens (including phenoxy) is 4. The maximum atomic E-state index is 12.5. The van der Waals surface area contributed by atoms with E-state index < -0.39 is 60.6 Å². The molecule has 0 radical (unpaired) electrons. The van der Waals surface area contributed by atoms with E-state index in [2.05, 4.69) is 34.6 Å². The summed E-state index contributed by atoms with van der Waals surface area (Å²) >= 11 is 0. The third-order valence-electron chi connectivity index (χ3n) is 15.8. The lowest BCUT2D eigenvalue weighted by atomic mass is 9.41. The Balaban J connectivity index is 1.14. The number of esters is 1. The second kappa shape index (κ2) is 10.8. The molecule has 47 heavy (non-hydrogen) atoms. The summed E-state index contributed by atoms with van der Waals surface area (Å²) in [4.78, 5) is 12.1. The lowest BCUT2D eigenvalue weighted by Crippen LogP contribution is -2.61. The van der Waals surface area contributed by atoms with Crippen molar-refractivity contribution in [2.24, 2.45) is 50.7 Å². The molecule has 0 bridgehead atoms. The summed E-state index contributed by atoms with van der Waals surface area (Å²) in [5.41, 5.74) is -1.61. The molecule has 7 aliphatic rings. The number of carbonyl (C=O) groups is 1. The van der Waals surface area contributed by atoms with Gasteiger partial charge in [0, 0.05) is 12.3 Å². The van der Waals surface area contributed by atoms with Gasteiger partial charge in [0.25, 0.3) is 0 Å². The third-order valence-corrected chi connectivity index (χ3v) is 15.8. The highest BCUT2D eigenvalue weighted by atomic mass is 16.7. The standard InChI is InChI=1S/C37H60O10/c1-18-15-21(30(33(5,6)43)45-19(2)38)46-28-25(18)34(7)13-14-37-17-36(37)12-11-24(47-31-27(41)26(40)20(39)16-44-31)32(3,4)22(36)9-10-23(37)35(34,8)29(28)42/h18,20-31,39-43H,9-17H2,1-8H3/t18-,20-,21?,22?,23?,24?,25+,26?,27-,28-,29+,30?,31?,34?,35-,36?,37?/m1/s1. The topological polar surface area (TPSA) is 155 Å². The predicted octanol–water partition coefficient (Wildman–Crippen LogP) is 3.33. The van der Waals surface area contributed by atoms with E-state index in [0.29, 0.717) is 18.3 Å². The number of hydrogen-bond acceptors (Lipinski definition) is 10. The molecule has 2 spiro atoms. The lowest BCUT2D eigenvalue weighted by Gasteiger charge is -2.64. The Morgan fingerprint density at radius 3 is 2.26 bits per heavy atom. The zero-order chi connectivity index (χ0) is 34.3. The van der Waals surface area contributed by atoms with E-state index in [1.807, 2.05) is 0 Å². The van der Waals surface area contributed by atoms with Gasteiger partial charge in [-0.05, 0) is 111 Å². The molecule has 10 unspecified atom stereocenters. The first kappa shape index (κ1) is 34.6. The minimum absolute atomic E-state index is 0.0683. The van der Waals surface area contributed by atoms with Crippen LogP contribution in [0.2, 0.25) is 0 Å². The first-order chi connectivity index (χ1) is 21.8. The number of aliphatic hydroxyl groups is 5. The monoisotopic (exact) mass is 664 g/mol. The Labute approximate surface area is 279 Å². The van der Waals surface area contributed by atoms with Crippen molar-refractivity contribution in [2.75, 3.05) is 6.61 Å². The van der Waals surface area contributed by atoms with Gasteiger partial charge in [0.1, 0.15) is 18.3 Å². The Morgan fingerprint density at radius 2 is 1.60 bits per heavy atom. The van der Waals surface area contributed by atoms with Gasteiger partial charge in [0.05, 0.1) is 36.6 Å². The molecule has 10 nitrogen and oxygen atoms in total. The number of aliphatic hydroxyl groups excluding tert-OH is 4. The van der Waals surface area contributed by atoms with Crippen molar-refractivity contribution in [1.29, 1.82) is 0 Å². The molecule has 10 heteroatoms. The van der Waals surface area contributed by atoms with E-state index in [0.717, 1.165) is 38.5 Å². The van der Waals surface area contributed by atoms with E-state index in [1.165, 1.54) is 13.3 Å². The molecule has 0 amide bonds. The van der Waals surface area contributed by atoms with E-state index in [-0.39, 0.29) is 51.6 Å². The second-order valence-corrected chi connectivity index (χ2v) is 18.6. The van der Waals surface area contributed by atoms with E-state index in [1.54, 1.807) is 13.8 Å². The molecule has 7 fully saturated rings. The molecular formula is C37H60O10. The normalized spacial score (nSPS) is 55.4. The highest BCUT2D eigenvalue weighted by molar-refractivity contribution is 5.66. The fraction of sp³-hybridized carbons (Fsp3) is 0.973. The molecule has 0 aromatic rings.